The van der Waals surface area contributed by atoms with Crippen LogP contribution in [0.4, 0.5) is 0 Å². The molecular formula is C17H19N5O2. The number of amides is 1. The summed E-state index contributed by atoms with van der Waals surface area (Å²) in [6.07, 6.45) is 2.60. The van der Waals surface area contributed by atoms with Gasteiger partial charge in [0, 0.05) is 12.7 Å². The fourth-order valence-electron chi connectivity index (χ4n) is 2.37. The third-order valence-electron chi connectivity index (χ3n) is 3.46. The lowest BCUT2D eigenvalue weighted by Gasteiger charge is -2.10. The quantitative estimate of drug-likeness (QED) is 0.748. The highest BCUT2D eigenvalue weighted by atomic mass is 16.5. The minimum Gasteiger partial charge on any atom is -0.491 e. The Hall–Kier alpha value is -2.96. The van der Waals surface area contributed by atoms with E-state index in [1.807, 2.05) is 38.1 Å². The molecule has 1 aromatic carbocycles. The molecule has 7 nitrogen and oxygen atoms in total. The van der Waals surface area contributed by atoms with Crippen LogP contribution >= 0.6 is 0 Å². The van der Waals surface area contributed by atoms with Gasteiger partial charge in [0.15, 0.2) is 5.65 Å². The van der Waals surface area contributed by atoms with E-state index in [-0.39, 0.29) is 12.0 Å². The Morgan fingerprint density at radius 1 is 1.25 bits per heavy atom. The highest BCUT2D eigenvalue weighted by Crippen LogP contribution is 2.14. The van der Waals surface area contributed by atoms with Crippen LogP contribution in [0.2, 0.25) is 0 Å². The molecular weight excluding hydrogens is 306 g/mol. The summed E-state index contributed by atoms with van der Waals surface area (Å²) in [7, 11) is 0. The molecule has 0 aliphatic heterocycles. The van der Waals surface area contributed by atoms with Gasteiger partial charge in [-0.05, 0) is 60.5 Å². The van der Waals surface area contributed by atoms with Crippen LogP contribution in [-0.4, -0.2) is 38.6 Å². The second-order valence-corrected chi connectivity index (χ2v) is 5.69. The molecule has 3 rings (SSSR count). The number of fused-ring (bicyclic) bond motifs is 1. The fraction of sp³-hybridized carbons (Fsp3) is 0.294. The number of nitrogens with one attached hydrogen (secondary N) is 1. The Morgan fingerprint density at radius 2 is 2.04 bits per heavy atom. The van der Waals surface area contributed by atoms with Crippen molar-refractivity contribution < 1.29 is 9.53 Å². The molecule has 7 heteroatoms. The summed E-state index contributed by atoms with van der Waals surface area (Å²) in [6, 6.07) is 11.4. The van der Waals surface area contributed by atoms with E-state index in [4.69, 9.17) is 4.74 Å². The van der Waals surface area contributed by atoms with Crippen molar-refractivity contribution in [1.82, 2.24) is 25.4 Å². The number of hydrogen-bond acceptors (Lipinski definition) is 5. The third kappa shape index (κ3) is 3.68. The zero-order valence-corrected chi connectivity index (χ0v) is 13.6. The summed E-state index contributed by atoms with van der Waals surface area (Å²) in [5, 5.41) is 14.1. The van der Waals surface area contributed by atoms with Crippen molar-refractivity contribution in [3.63, 3.8) is 0 Å². The molecule has 0 fully saturated rings. The average molecular weight is 325 g/mol. The second-order valence-electron chi connectivity index (χ2n) is 5.69. The molecule has 0 saturated carbocycles. The largest absolute Gasteiger partial charge is 0.491 e. The molecule has 3 aromatic rings. The molecule has 1 N–H and O–H groups in total. The van der Waals surface area contributed by atoms with Crippen LogP contribution in [-0.2, 0) is 6.42 Å². The number of aromatic nitrogens is 4. The lowest BCUT2D eigenvalue weighted by Crippen LogP contribution is -2.26. The van der Waals surface area contributed by atoms with E-state index in [2.05, 4.69) is 20.8 Å². The molecule has 2 heterocycles. The second kappa shape index (κ2) is 7.08. The number of nitrogens with zero attached hydrogens (tertiary/aromatic N) is 4. The van der Waals surface area contributed by atoms with Crippen LogP contribution in [0, 0.1) is 0 Å². The van der Waals surface area contributed by atoms with Gasteiger partial charge in [0.25, 0.3) is 5.91 Å². The summed E-state index contributed by atoms with van der Waals surface area (Å²) in [6.45, 7) is 4.52. The molecule has 24 heavy (non-hydrogen) atoms. The van der Waals surface area contributed by atoms with Gasteiger partial charge in [0.1, 0.15) is 5.75 Å². The third-order valence-corrected chi connectivity index (χ3v) is 3.46. The Morgan fingerprint density at radius 3 is 2.79 bits per heavy atom. The zero-order valence-electron chi connectivity index (χ0n) is 13.6. The molecule has 2 aromatic heterocycles. The maximum atomic E-state index is 12.3. The topological polar surface area (TPSA) is 81.4 Å². The molecule has 0 radical (unpaired) electrons. The fourth-order valence-corrected chi connectivity index (χ4v) is 2.37. The maximum Gasteiger partial charge on any atom is 0.255 e. The van der Waals surface area contributed by atoms with E-state index in [1.165, 1.54) is 4.52 Å². The molecule has 0 aliphatic carbocycles. The van der Waals surface area contributed by atoms with Crippen molar-refractivity contribution in [3.05, 3.63) is 53.7 Å². The van der Waals surface area contributed by atoms with Crippen molar-refractivity contribution >= 4 is 11.6 Å². The summed E-state index contributed by atoms with van der Waals surface area (Å²) in [5.74, 6) is 0.666. The van der Waals surface area contributed by atoms with Gasteiger partial charge in [-0.3, -0.25) is 4.79 Å². The number of benzene rings is 1. The molecule has 124 valence electrons. The van der Waals surface area contributed by atoms with Crippen LogP contribution in [0.15, 0.2) is 42.6 Å². The predicted octanol–water partition coefficient (Wildman–Crippen LogP) is 1.88. The summed E-state index contributed by atoms with van der Waals surface area (Å²) >= 11 is 0. The molecule has 1 amide bonds. The Labute approximate surface area is 139 Å². The van der Waals surface area contributed by atoms with Gasteiger partial charge >= 0.3 is 0 Å². The van der Waals surface area contributed by atoms with Gasteiger partial charge in [-0.15, -0.1) is 5.10 Å². The molecule has 0 atom stereocenters. The standard InChI is InChI=1S/C17H19N5O2/c1-12(2)24-14-7-5-13(6-8-14)9-10-18-17(23)15-4-3-11-22-16(15)19-20-21-22/h3-8,11-12H,9-10H2,1-2H3,(H,18,23). The number of carbonyl (C=O) groups excluding carboxylic acids is 1. The van der Waals surface area contributed by atoms with E-state index < -0.39 is 0 Å². The molecule has 0 aliphatic rings. The first-order chi connectivity index (χ1) is 11.6. The van der Waals surface area contributed by atoms with Crippen molar-refractivity contribution in [2.75, 3.05) is 6.54 Å². The van der Waals surface area contributed by atoms with E-state index in [0.717, 1.165) is 17.7 Å². The van der Waals surface area contributed by atoms with Gasteiger partial charge in [0.2, 0.25) is 0 Å². The summed E-state index contributed by atoms with van der Waals surface area (Å²) < 4.78 is 7.09. The summed E-state index contributed by atoms with van der Waals surface area (Å²) in [5.41, 5.74) is 2.04. The SMILES string of the molecule is CC(C)Oc1ccc(CCNC(=O)c2cccn3nnnc23)cc1. The van der Waals surface area contributed by atoms with Crippen LogP contribution < -0.4 is 10.1 Å². The lowest BCUT2D eigenvalue weighted by molar-refractivity contribution is 0.0955. The monoisotopic (exact) mass is 325 g/mol. The smallest absolute Gasteiger partial charge is 0.255 e. The number of pyridine rings is 1. The minimum absolute atomic E-state index is 0.157. The van der Waals surface area contributed by atoms with Crippen molar-refractivity contribution in [1.29, 1.82) is 0 Å². The van der Waals surface area contributed by atoms with Crippen LogP contribution in [0.5, 0.6) is 5.75 Å². The van der Waals surface area contributed by atoms with Crippen molar-refractivity contribution in [2.24, 2.45) is 0 Å². The van der Waals surface area contributed by atoms with Gasteiger partial charge in [-0.25, -0.2) is 0 Å². The Balaban J connectivity index is 1.56. The molecule has 0 bridgehead atoms. The van der Waals surface area contributed by atoms with Crippen LogP contribution in [0.25, 0.3) is 5.65 Å². The number of ether oxygens (including phenoxy) is 1. The van der Waals surface area contributed by atoms with Gasteiger partial charge < -0.3 is 10.1 Å². The summed E-state index contributed by atoms with van der Waals surface area (Å²) in [4.78, 5) is 12.3. The average Bonchev–Trinajstić information content (AvgIpc) is 3.04. The zero-order chi connectivity index (χ0) is 16.9. The van der Waals surface area contributed by atoms with E-state index >= 15 is 0 Å². The normalized spacial score (nSPS) is 11.0. The van der Waals surface area contributed by atoms with E-state index in [0.29, 0.717) is 17.8 Å². The number of carbonyl (C=O) groups is 1. The lowest BCUT2D eigenvalue weighted by atomic mass is 10.1. The van der Waals surface area contributed by atoms with Crippen molar-refractivity contribution in [2.45, 2.75) is 26.4 Å². The molecule has 0 unspecified atom stereocenters. The predicted molar refractivity (Wildman–Crippen MR) is 89.0 cm³/mol. The van der Waals surface area contributed by atoms with Gasteiger partial charge in [-0.1, -0.05) is 12.1 Å². The maximum absolute atomic E-state index is 12.3. The van der Waals surface area contributed by atoms with Gasteiger partial charge in [-0.2, -0.15) is 4.52 Å². The van der Waals surface area contributed by atoms with Crippen LogP contribution in [0.3, 0.4) is 0 Å². The number of rotatable bonds is 6. The van der Waals surface area contributed by atoms with E-state index in [9.17, 15) is 4.79 Å². The first kappa shape index (κ1) is 15.9. The highest BCUT2D eigenvalue weighted by molar-refractivity contribution is 5.99. The molecule has 0 spiro atoms. The van der Waals surface area contributed by atoms with Crippen LogP contribution in [0.1, 0.15) is 29.8 Å². The first-order valence-electron chi connectivity index (χ1n) is 7.84. The Bertz CT molecular complexity index is 826. The minimum atomic E-state index is -0.185. The highest BCUT2D eigenvalue weighted by Gasteiger charge is 2.12. The van der Waals surface area contributed by atoms with Gasteiger partial charge in [0.05, 0.1) is 11.7 Å². The van der Waals surface area contributed by atoms with Crippen molar-refractivity contribution in [3.8, 4) is 5.75 Å². The van der Waals surface area contributed by atoms with E-state index in [1.54, 1.807) is 18.3 Å². The Kier molecular flexibility index (Phi) is 4.69. The number of hydrogen-bond donors (Lipinski definition) is 1. The molecule has 0 saturated heterocycles. The first-order valence-corrected chi connectivity index (χ1v) is 7.84. The number of tetrazole rings is 1.